The summed E-state index contributed by atoms with van der Waals surface area (Å²) in [5.74, 6) is 2.31. The van der Waals surface area contributed by atoms with Crippen LogP contribution in [0.25, 0.3) is 10.9 Å². The normalized spacial score (nSPS) is 14.6. The molecule has 1 fully saturated rings. The van der Waals surface area contributed by atoms with Crippen molar-refractivity contribution in [3.63, 3.8) is 0 Å². The summed E-state index contributed by atoms with van der Waals surface area (Å²) in [5, 5.41) is 4.45. The predicted octanol–water partition coefficient (Wildman–Crippen LogP) is 4.55. The first-order chi connectivity index (χ1) is 13.7. The minimum atomic E-state index is 0.166. The molecule has 3 aromatic rings. The summed E-state index contributed by atoms with van der Waals surface area (Å²) < 4.78 is 22.4. The molecule has 1 aliphatic rings. The summed E-state index contributed by atoms with van der Waals surface area (Å²) >= 11 is 0. The number of benzene rings is 2. The fourth-order valence-electron chi connectivity index (χ4n) is 3.33. The van der Waals surface area contributed by atoms with E-state index in [0.29, 0.717) is 0 Å². The Labute approximate surface area is 164 Å². The lowest BCUT2D eigenvalue weighted by Crippen LogP contribution is -2.25. The Morgan fingerprint density at radius 2 is 1.71 bits per heavy atom. The number of aromatic nitrogens is 1. The van der Waals surface area contributed by atoms with Gasteiger partial charge in [0, 0.05) is 54.0 Å². The average molecular weight is 380 g/mol. The third-order valence-electron chi connectivity index (χ3n) is 4.81. The highest BCUT2D eigenvalue weighted by molar-refractivity contribution is 5.93. The lowest BCUT2D eigenvalue weighted by molar-refractivity contribution is 0.0255. The molecule has 2 aromatic carbocycles. The molecule has 6 nitrogen and oxygen atoms in total. The second-order valence-corrected chi connectivity index (χ2v) is 6.69. The molecule has 2 heterocycles. The van der Waals surface area contributed by atoms with E-state index in [1.807, 2.05) is 42.5 Å². The Morgan fingerprint density at radius 3 is 2.50 bits per heavy atom. The molecule has 0 aliphatic carbocycles. The number of anilines is 2. The van der Waals surface area contributed by atoms with Crippen molar-refractivity contribution in [2.24, 2.45) is 0 Å². The van der Waals surface area contributed by atoms with E-state index >= 15 is 0 Å². The first-order valence-corrected chi connectivity index (χ1v) is 9.38. The number of nitrogens with zero attached hydrogens (tertiary/aromatic N) is 1. The minimum Gasteiger partial charge on any atom is -0.497 e. The van der Waals surface area contributed by atoms with E-state index in [1.165, 1.54) is 0 Å². The lowest BCUT2D eigenvalue weighted by Gasteiger charge is -2.24. The van der Waals surface area contributed by atoms with Gasteiger partial charge in [-0.3, -0.25) is 4.98 Å². The van der Waals surface area contributed by atoms with Crippen molar-refractivity contribution in [2.75, 3.05) is 32.8 Å². The Bertz CT molecular complexity index is 954. The summed E-state index contributed by atoms with van der Waals surface area (Å²) in [7, 11) is 3.32. The van der Waals surface area contributed by atoms with E-state index < -0.39 is 0 Å². The lowest BCUT2D eigenvalue weighted by atomic mass is 10.1. The van der Waals surface area contributed by atoms with Crippen molar-refractivity contribution in [2.45, 2.75) is 18.9 Å². The Balaban J connectivity index is 1.63. The number of hydrogen-bond acceptors (Lipinski definition) is 6. The van der Waals surface area contributed by atoms with Gasteiger partial charge in [0.15, 0.2) is 0 Å². The maximum absolute atomic E-state index is 6.17. The summed E-state index contributed by atoms with van der Waals surface area (Å²) in [4.78, 5) is 4.43. The molecule has 1 saturated heterocycles. The molecule has 1 N–H and O–H groups in total. The second kappa shape index (κ2) is 8.35. The molecule has 0 bridgehead atoms. The maximum Gasteiger partial charge on any atom is 0.125 e. The monoisotopic (exact) mass is 380 g/mol. The molecule has 28 heavy (non-hydrogen) atoms. The van der Waals surface area contributed by atoms with E-state index in [-0.39, 0.29) is 6.10 Å². The number of ether oxygens (including phenoxy) is 4. The Morgan fingerprint density at radius 1 is 0.929 bits per heavy atom. The summed E-state index contributed by atoms with van der Waals surface area (Å²) in [6.07, 6.45) is 3.75. The first kappa shape index (κ1) is 18.4. The fourth-order valence-corrected chi connectivity index (χ4v) is 3.33. The molecule has 6 heteroatoms. The fraction of sp³-hybridized carbons (Fsp3) is 0.318. The maximum atomic E-state index is 6.17. The number of hydrogen-bond donors (Lipinski definition) is 1. The largest absolute Gasteiger partial charge is 0.497 e. The van der Waals surface area contributed by atoms with E-state index in [0.717, 1.165) is 65.6 Å². The molecule has 1 aromatic heterocycles. The molecular weight excluding hydrogens is 356 g/mol. The first-order valence-electron chi connectivity index (χ1n) is 9.38. The van der Waals surface area contributed by atoms with Crippen molar-refractivity contribution in [3.05, 3.63) is 48.7 Å². The van der Waals surface area contributed by atoms with Crippen LogP contribution in [0.4, 0.5) is 11.4 Å². The summed E-state index contributed by atoms with van der Waals surface area (Å²) in [6, 6.07) is 13.6. The van der Waals surface area contributed by atoms with Crippen LogP contribution in [0, 0.1) is 0 Å². The van der Waals surface area contributed by atoms with Crippen LogP contribution in [0.2, 0.25) is 0 Å². The highest BCUT2D eigenvalue weighted by Gasteiger charge is 2.16. The van der Waals surface area contributed by atoms with Gasteiger partial charge in [0.2, 0.25) is 0 Å². The quantitative estimate of drug-likeness (QED) is 0.677. The minimum absolute atomic E-state index is 0.166. The zero-order valence-corrected chi connectivity index (χ0v) is 16.1. The third kappa shape index (κ3) is 4.12. The highest BCUT2D eigenvalue weighted by atomic mass is 16.5. The van der Waals surface area contributed by atoms with Gasteiger partial charge in [0.05, 0.1) is 33.0 Å². The summed E-state index contributed by atoms with van der Waals surface area (Å²) in [5.41, 5.74) is 2.72. The molecule has 4 rings (SSSR count). The molecule has 146 valence electrons. The smallest absolute Gasteiger partial charge is 0.125 e. The molecule has 0 saturated carbocycles. The number of fused-ring (bicyclic) bond motifs is 1. The van der Waals surface area contributed by atoms with Crippen LogP contribution in [0.5, 0.6) is 17.2 Å². The molecule has 0 spiro atoms. The standard InChI is InChI=1S/C22H24N2O4/c1-25-17-3-4-21-20(14-17)22(5-8-23-21)24-15-11-18(26-2)13-19(12-15)28-16-6-9-27-10-7-16/h3-5,8,11-14,16H,6-7,9-10H2,1-2H3,(H,23,24). The van der Waals surface area contributed by atoms with Gasteiger partial charge in [-0.15, -0.1) is 0 Å². The number of nitrogens with one attached hydrogen (secondary N) is 1. The van der Waals surface area contributed by atoms with Gasteiger partial charge in [-0.2, -0.15) is 0 Å². The molecule has 0 amide bonds. The molecule has 0 radical (unpaired) electrons. The van der Waals surface area contributed by atoms with Crippen LogP contribution in [-0.4, -0.2) is 38.5 Å². The zero-order chi connectivity index (χ0) is 19.3. The van der Waals surface area contributed by atoms with Gasteiger partial charge in [0.1, 0.15) is 23.4 Å². The van der Waals surface area contributed by atoms with Crippen molar-refractivity contribution < 1.29 is 18.9 Å². The van der Waals surface area contributed by atoms with Crippen molar-refractivity contribution in [1.82, 2.24) is 4.98 Å². The molecule has 0 atom stereocenters. The van der Waals surface area contributed by atoms with Crippen LogP contribution in [0.1, 0.15) is 12.8 Å². The Kier molecular flexibility index (Phi) is 5.48. The van der Waals surface area contributed by atoms with Crippen LogP contribution in [0.15, 0.2) is 48.7 Å². The molecule has 0 unspecified atom stereocenters. The second-order valence-electron chi connectivity index (χ2n) is 6.69. The number of methoxy groups -OCH3 is 2. The predicted molar refractivity (Wildman–Crippen MR) is 109 cm³/mol. The van der Waals surface area contributed by atoms with Crippen molar-refractivity contribution >= 4 is 22.3 Å². The van der Waals surface area contributed by atoms with Crippen molar-refractivity contribution in [3.8, 4) is 17.2 Å². The summed E-state index contributed by atoms with van der Waals surface area (Å²) in [6.45, 7) is 1.48. The SMILES string of the molecule is COc1cc(Nc2ccnc3ccc(OC)cc23)cc(OC2CCOCC2)c1. The highest BCUT2D eigenvalue weighted by Crippen LogP contribution is 2.33. The average Bonchev–Trinajstić information content (AvgIpc) is 2.74. The topological polar surface area (TPSA) is 61.8 Å². The van der Waals surface area contributed by atoms with Crippen LogP contribution in [0.3, 0.4) is 0 Å². The van der Waals surface area contributed by atoms with Gasteiger partial charge < -0.3 is 24.3 Å². The van der Waals surface area contributed by atoms with Crippen LogP contribution >= 0.6 is 0 Å². The van der Waals surface area contributed by atoms with E-state index in [9.17, 15) is 0 Å². The number of rotatable bonds is 6. The van der Waals surface area contributed by atoms with Gasteiger partial charge >= 0.3 is 0 Å². The van der Waals surface area contributed by atoms with Gasteiger partial charge in [0.25, 0.3) is 0 Å². The van der Waals surface area contributed by atoms with Crippen LogP contribution < -0.4 is 19.5 Å². The van der Waals surface area contributed by atoms with Gasteiger partial charge in [-0.25, -0.2) is 0 Å². The van der Waals surface area contributed by atoms with Crippen LogP contribution in [-0.2, 0) is 4.74 Å². The molecular formula is C22H24N2O4. The van der Waals surface area contributed by atoms with E-state index in [1.54, 1.807) is 20.4 Å². The molecule has 1 aliphatic heterocycles. The van der Waals surface area contributed by atoms with Gasteiger partial charge in [-0.05, 0) is 24.3 Å². The van der Waals surface area contributed by atoms with Gasteiger partial charge in [-0.1, -0.05) is 0 Å². The zero-order valence-electron chi connectivity index (χ0n) is 16.1. The van der Waals surface area contributed by atoms with E-state index in [4.69, 9.17) is 18.9 Å². The Hall–Kier alpha value is -2.99. The van der Waals surface area contributed by atoms with E-state index in [2.05, 4.69) is 10.3 Å². The number of pyridine rings is 1. The van der Waals surface area contributed by atoms with Crippen molar-refractivity contribution in [1.29, 1.82) is 0 Å². The third-order valence-corrected chi connectivity index (χ3v) is 4.81.